The van der Waals surface area contributed by atoms with Gasteiger partial charge in [-0.05, 0) is 69.8 Å². The van der Waals surface area contributed by atoms with E-state index >= 15 is 0 Å². The third-order valence-corrected chi connectivity index (χ3v) is 11.9. The topological polar surface area (TPSA) is 56.7 Å². The lowest BCUT2D eigenvalue weighted by Gasteiger charge is -2.11. The molecule has 0 saturated carbocycles. The first-order valence-corrected chi connectivity index (χ1v) is 20.8. The maximum absolute atomic E-state index is 6.77. The highest BCUT2D eigenvalue weighted by Crippen LogP contribution is 2.42. The lowest BCUT2D eigenvalue weighted by Crippen LogP contribution is -2.00. The lowest BCUT2D eigenvalue weighted by molar-refractivity contribution is 0.669. The molecule has 5 heteroatoms. The van der Waals surface area contributed by atoms with Crippen molar-refractivity contribution >= 4 is 43.7 Å². The van der Waals surface area contributed by atoms with E-state index < -0.39 is 0 Å². The van der Waals surface area contributed by atoms with Crippen LogP contribution in [0.1, 0.15) is 0 Å². The molecule has 5 nitrogen and oxygen atoms in total. The Kier molecular flexibility index (Phi) is 8.42. The van der Waals surface area contributed by atoms with Crippen molar-refractivity contribution in [2.75, 3.05) is 0 Å². The molecule has 0 aliphatic carbocycles. The second kappa shape index (κ2) is 14.7. The van der Waals surface area contributed by atoms with Crippen LogP contribution in [0, 0.1) is 0 Å². The predicted molar refractivity (Wildman–Crippen MR) is 254 cm³/mol. The van der Waals surface area contributed by atoms with Crippen LogP contribution in [0.5, 0.6) is 0 Å². The van der Waals surface area contributed by atoms with Crippen LogP contribution in [0.25, 0.3) is 117 Å². The summed E-state index contributed by atoms with van der Waals surface area (Å²) in [7, 11) is 0. The molecule has 3 aromatic heterocycles. The average Bonchev–Trinajstić information content (AvgIpc) is 3.89. The molecule has 12 rings (SSSR count). The summed E-state index contributed by atoms with van der Waals surface area (Å²) in [6, 6.07) is 76.3. The fourth-order valence-electron chi connectivity index (χ4n) is 8.87. The van der Waals surface area contributed by atoms with Gasteiger partial charge in [0.25, 0.3) is 0 Å². The van der Waals surface area contributed by atoms with E-state index in [1.54, 1.807) is 0 Å². The number of furan rings is 1. The molecule has 0 aliphatic rings. The maximum atomic E-state index is 6.77. The summed E-state index contributed by atoms with van der Waals surface area (Å²) in [5.41, 5.74) is 14.4. The second-order valence-corrected chi connectivity index (χ2v) is 15.6. The zero-order valence-electron chi connectivity index (χ0n) is 33.5. The fraction of sp³-hybridized carbons (Fsp3) is 0. The van der Waals surface area contributed by atoms with Crippen LogP contribution in [0.4, 0.5) is 0 Å². The second-order valence-electron chi connectivity index (χ2n) is 15.6. The molecule has 0 atom stereocenters. The van der Waals surface area contributed by atoms with Gasteiger partial charge in [-0.3, -0.25) is 0 Å². The Hall–Kier alpha value is -8.41. The van der Waals surface area contributed by atoms with Crippen molar-refractivity contribution in [2.45, 2.75) is 0 Å². The molecule has 62 heavy (non-hydrogen) atoms. The SMILES string of the molecule is c1ccc(-c2ccc(-c3nc(-c4cccc(-c5ccccc5)c4)nc(-c4cccc5oc6cc7c(cc6c45)c4ccccc4n7-c4cccc(-c5ccccc5)c4)n3)cc2)cc1. The Morgan fingerprint density at radius 1 is 0.306 bits per heavy atom. The highest BCUT2D eigenvalue weighted by atomic mass is 16.3. The number of aromatic nitrogens is 4. The minimum atomic E-state index is 0.579. The molecule has 9 aromatic carbocycles. The van der Waals surface area contributed by atoms with Crippen LogP contribution in [-0.4, -0.2) is 19.5 Å². The van der Waals surface area contributed by atoms with Crippen LogP contribution in [0.15, 0.2) is 223 Å². The molecule has 0 spiro atoms. The van der Waals surface area contributed by atoms with Crippen LogP contribution >= 0.6 is 0 Å². The van der Waals surface area contributed by atoms with Gasteiger partial charge in [0.1, 0.15) is 11.2 Å². The Morgan fingerprint density at radius 3 is 1.56 bits per heavy atom. The van der Waals surface area contributed by atoms with Crippen LogP contribution in [0.2, 0.25) is 0 Å². The summed E-state index contributed by atoms with van der Waals surface area (Å²) >= 11 is 0. The summed E-state index contributed by atoms with van der Waals surface area (Å²) in [6.07, 6.45) is 0. The summed E-state index contributed by atoms with van der Waals surface area (Å²) in [5, 5.41) is 4.28. The van der Waals surface area contributed by atoms with Gasteiger partial charge < -0.3 is 8.98 Å². The first-order valence-electron chi connectivity index (χ1n) is 20.8. The van der Waals surface area contributed by atoms with E-state index in [-0.39, 0.29) is 0 Å². The van der Waals surface area contributed by atoms with Gasteiger partial charge in [0.15, 0.2) is 17.5 Å². The minimum absolute atomic E-state index is 0.579. The monoisotopic (exact) mass is 792 g/mol. The fourth-order valence-corrected chi connectivity index (χ4v) is 8.87. The normalized spacial score (nSPS) is 11.5. The molecule has 3 heterocycles. The van der Waals surface area contributed by atoms with Gasteiger partial charge in [-0.1, -0.05) is 176 Å². The first-order chi connectivity index (χ1) is 30.7. The highest BCUT2D eigenvalue weighted by Gasteiger charge is 2.21. The molecule has 0 amide bonds. The maximum Gasteiger partial charge on any atom is 0.164 e. The number of rotatable bonds is 7. The van der Waals surface area contributed by atoms with Crippen LogP contribution in [0.3, 0.4) is 0 Å². The molecular weight excluding hydrogens is 757 g/mol. The van der Waals surface area contributed by atoms with Crippen molar-refractivity contribution in [3.05, 3.63) is 218 Å². The Labute approximate surface area is 357 Å². The third kappa shape index (κ3) is 6.14. The molecule has 12 aromatic rings. The van der Waals surface area contributed by atoms with Crippen LogP contribution < -0.4 is 0 Å². The number of para-hydroxylation sites is 1. The summed E-state index contributed by atoms with van der Waals surface area (Å²) in [4.78, 5) is 15.6. The summed E-state index contributed by atoms with van der Waals surface area (Å²) in [5.74, 6) is 1.78. The first kappa shape index (κ1) is 35.5. The van der Waals surface area contributed by atoms with E-state index in [0.717, 1.165) is 83.0 Å². The zero-order valence-corrected chi connectivity index (χ0v) is 33.5. The highest BCUT2D eigenvalue weighted by molar-refractivity contribution is 6.19. The van der Waals surface area contributed by atoms with E-state index in [9.17, 15) is 0 Å². The molecule has 0 bridgehead atoms. The average molecular weight is 793 g/mol. The van der Waals surface area contributed by atoms with Gasteiger partial charge in [-0.25, -0.2) is 15.0 Å². The Bertz CT molecular complexity index is 3610. The lowest BCUT2D eigenvalue weighted by atomic mass is 10.0. The summed E-state index contributed by atoms with van der Waals surface area (Å²) < 4.78 is 9.12. The molecule has 0 N–H and O–H groups in total. The van der Waals surface area contributed by atoms with Crippen molar-refractivity contribution in [3.8, 4) is 73.2 Å². The molecule has 0 aliphatic heterocycles. The largest absolute Gasteiger partial charge is 0.456 e. The van der Waals surface area contributed by atoms with Gasteiger partial charge in [-0.2, -0.15) is 0 Å². The smallest absolute Gasteiger partial charge is 0.164 e. The van der Waals surface area contributed by atoms with Crippen molar-refractivity contribution in [2.24, 2.45) is 0 Å². The molecule has 0 unspecified atom stereocenters. The number of fused-ring (bicyclic) bond motifs is 6. The number of nitrogens with zero attached hydrogens (tertiary/aromatic N) is 4. The van der Waals surface area contributed by atoms with Gasteiger partial charge in [-0.15, -0.1) is 0 Å². The van der Waals surface area contributed by atoms with E-state index in [0.29, 0.717) is 17.5 Å². The minimum Gasteiger partial charge on any atom is -0.456 e. The van der Waals surface area contributed by atoms with Crippen molar-refractivity contribution in [1.29, 1.82) is 0 Å². The van der Waals surface area contributed by atoms with E-state index in [1.807, 2.05) is 24.3 Å². The van der Waals surface area contributed by atoms with E-state index in [1.165, 1.54) is 16.5 Å². The Balaban J connectivity index is 1.05. The van der Waals surface area contributed by atoms with E-state index in [2.05, 4.69) is 199 Å². The molecule has 0 radical (unpaired) electrons. The predicted octanol–water partition coefficient (Wildman–Crippen LogP) is 14.9. The van der Waals surface area contributed by atoms with Crippen molar-refractivity contribution in [1.82, 2.24) is 19.5 Å². The molecular formula is C57H36N4O. The van der Waals surface area contributed by atoms with E-state index in [4.69, 9.17) is 19.4 Å². The van der Waals surface area contributed by atoms with Gasteiger partial charge in [0.05, 0.1) is 11.0 Å². The molecule has 0 saturated heterocycles. The summed E-state index contributed by atoms with van der Waals surface area (Å²) in [6.45, 7) is 0. The van der Waals surface area contributed by atoms with Crippen LogP contribution in [-0.2, 0) is 0 Å². The third-order valence-electron chi connectivity index (χ3n) is 11.9. The Morgan fingerprint density at radius 2 is 0.839 bits per heavy atom. The number of hydrogen-bond donors (Lipinski definition) is 0. The molecule has 290 valence electrons. The standard InChI is InChI=1S/C57H36N4O/c1-4-15-37(16-5-1)40-29-31-41(32-30-40)55-58-56(44-23-12-21-42(33-44)38-17-6-2-7-18-38)60-57(59-55)47-26-14-28-52-54(47)49-35-48-46-25-10-11-27-50(46)61(51(48)36-53(49)62-52)45-24-13-22-43(34-45)39-19-8-3-9-20-39/h1-36H. The van der Waals surface area contributed by atoms with Gasteiger partial charge in [0.2, 0.25) is 0 Å². The zero-order chi connectivity index (χ0) is 41.0. The molecule has 0 fully saturated rings. The number of hydrogen-bond acceptors (Lipinski definition) is 4. The van der Waals surface area contributed by atoms with Crippen molar-refractivity contribution < 1.29 is 4.42 Å². The number of benzene rings is 9. The van der Waals surface area contributed by atoms with Gasteiger partial charge in [0, 0.05) is 50.0 Å². The van der Waals surface area contributed by atoms with Crippen molar-refractivity contribution in [3.63, 3.8) is 0 Å². The quantitative estimate of drug-likeness (QED) is 0.161. The van der Waals surface area contributed by atoms with Gasteiger partial charge >= 0.3 is 0 Å².